The minimum Gasteiger partial charge on any atom is -0.495 e. The van der Waals surface area contributed by atoms with Gasteiger partial charge in [0.25, 0.3) is 0 Å². The summed E-state index contributed by atoms with van der Waals surface area (Å²) in [7, 11) is -0.691. The number of hydrogen-bond donors (Lipinski definition) is 2. The topological polar surface area (TPSA) is 94.5 Å². The third-order valence-electron chi connectivity index (χ3n) is 5.84. The zero-order valence-corrected chi connectivity index (χ0v) is 16.9. The van der Waals surface area contributed by atoms with Crippen LogP contribution in [0.4, 0.5) is 0 Å². The van der Waals surface area contributed by atoms with Crippen LogP contribution < -0.4 is 14.8 Å². The van der Waals surface area contributed by atoms with Crippen LogP contribution in [0.1, 0.15) is 12.8 Å². The second-order valence-corrected chi connectivity index (χ2v) is 9.12. The van der Waals surface area contributed by atoms with Crippen molar-refractivity contribution in [3.8, 4) is 11.4 Å². The van der Waals surface area contributed by atoms with Gasteiger partial charge >= 0.3 is 0 Å². The van der Waals surface area contributed by atoms with Gasteiger partial charge < -0.3 is 14.8 Å². The van der Waals surface area contributed by atoms with Crippen LogP contribution in [0.15, 0.2) is 41.6 Å². The number of nitrogens with one attached hydrogen (secondary N) is 2. The minimum atomic E-state index is -3.80. The fourth-order valence-corrected chi connectivity index (χ4v) is 5.83. The van der Waals surface area contributed by atoms with Gasteiger partial charge in [-0.15, -0.1) is 0 Å². The van der Waals surface area contributed by atoms with E-state index >= 15 is 0 Å². The number of rotatable bonds is 6. The Labute approximate surface area is 165 Å². The van der Waals surface area contributed by atoms with Gasteiger partial charge in [-0.05, 0) is 62.0 Å². The second-order valence-electron chi connectivity index (χ2n) is 7.44. The number of methoxy groups -OCH3 is 2. The fraction of sp³-hybridized carbons (Fsp3) is 0.526. The molecule has 2 N–H and O–H groups in total. The van der Waals surface area contributed by atoms with Crippen molar-refractivity contribution in [3.05, 3.63) is 36.7 Å². The molecular weight excluding hydrogens is 380 g/mol. The third kappa shape index (κ3) is 3.67. The highest BCUT2D eigenvalue weighted by molar-refractivity contribution is 7.89. The molecule has 0 radical (unpaired) electrons. The van der Waals surface area contributed by atoms with Gasteiger partial charge in [-0.2, -0.15) is 5.10 Å². The molecule has 2 aromatic rings. The molecule has 28 heavy (non-hydrogen) atoms. The number of benzene rings is 1. The van der Waals surface area contributed by atoms with Crippen LogP contribution in [0, 0.1) is 11.8 Å². The Morgan fingerprint density at radius 3 is 2.68 bits per heavy atom. The first-order chi connectivity index (χ1) is 13.5. The molecule has 4 atom stereocenters. The highest BCUT2D eigenvalue weighted by atomic mass is 32.2. The first-order valence-corrected chi connectivity index (χ1v) is 10.9. The number of sulfonamides is 1. The van der Waals surface area contributed by atoms with Crippen molar-refractivity contribution in [3.63, 3.8) is 0 Å². The monoisotopic (exact) mass is 406 g/mol. The summed E-state index contributed by atoms with van der Waals surface area (Å²) in [5, 5.41) is 7.58. The first-order valence-electron chi connectivity index (χ1n) is 9.45. The summed E-state index contributed by atoms with van der Waals surface area (Å²) in [6, 6.07) is 6.52. The largest absolute Gasteiger partial charge is 0.495 e. The molecule has 8 nitrogen and oxygen atoms in total. The van der Waals surface area contributed by atoms with Crippen molar-refractivity contribution in [1.82, 2.24) is 19.8 Å². The van der Waals surface area contributed by atoms with E-state index in [2.05, 4.69) is 15.1 Å². The summed E-state index contributed by atoms with van der Waals surface area (Å²) < 4.78 is 42.0. The highest BCUT2D eigenvalue weighted by Crippen LogP contribution is 2.35. The van der Waals surface area contributed by atoms with Crippen LogP contribution in [-0.2, 0) is 14.8 Å². The van der Waals surface area contributed by atoms with Crippen molar-refractivity contribution in [2.24, 2.45) is 11.8 Å². The Balaban J connectivity index is 1.63. The summed E-state index contributed by atoms with van der Waals surface area (Å²) >= 11 is 0. The van der Waals surface area contributed by atoms with E-state index in [1.807, 2.05) is 0 Å². The summed E-state index contributed by atoms with van der Waals surface area (Å²) in [5.41, 5.74) is 0.651. The molecule has 2 aliphatic rings. The van der Waals surface area contributed by atoms with Gasteiger partial charge in [0, 0.05) is 25.5 Å². The van der Waals surface area contributed by atoms with Crippen molar-refractivity contribution >= 4 is 10.0 Å². The van der Waals surface area contributed by atoms with E-state index in [9.17, 15) is 8.42 Å². The molecule has 0 unspecified atom stereocenters. The van der Waals surface area contributed by atoms with E-state index in [0.29, 0.717) is 23.3 Å². The van der Waals surface area contributed by atoms with Crippen LogP contribution in [0.3, 0.4) is 0 Å². The number of ether oxygens (including phenoxy) is 2. The zero-order valence-electron chi connectivity index (χ0n) is 16.0. The average molecular weight is 407 g/mol. The van der Waals surface area contributed by atoms with Crippen molar-refractivity contribution in [2.75, 3.05) is 27.3 Å². The molecule has 1 aliphatic heterocycles. The quantitative estimate of drug-likeness (QED) is 0.748. The van der Waals surface area contributed by atoms with Gasteiger partial charge in [0.1, 0.15) is 10.6 Å². The van der Waals surface area contributed by atoms with Gasteiger partial charge in [0.05, 0.1) is 18.9 Å². The van der Waals surface area contributed by atoms with Crippen LogP contribution in [0.25, 0.3) is 5.69 Å². The van der Waals surface area contributed by atoms with Gasteiger partial charge in [0.2, 0.25) is 10.0 Å². The zero-order chi connectivity index (χ0) is 19.7. The van der Waals surface area contributed by atoms with Crippen LogP contribution in [-0.4, -0.2) is 57.7 Å². The second kappa shape index (κ2) is 7.82. The minimum absolute atomic E-state index is 0.101. The molecule has 152 valence electrons. The SMILES string of the molecule is COc1ccc(-n2cccn2)cc1S(=O)(=O)N[C@H]1C[C@H]2CNC[C@H]2C[C@@H]1OC. The van der Waals surface area contributed by atoms with E-state index in [-0.39, 0.29) is 17.0 Å². The lowest BCUT2D eigenvalue weighted by atomic mass is 9.78. The van der Waals surface area contributed by atoms with E-state index in [1.165, 1.54) is 7.11 Å². The van der Waals surface area contributed by atoms with Crippen LogP contribution in [0.2, 0.25) is 0 Å². The van der Waals surface area contributed by atoms with E-state index in [4.69, 9.17) is 9.47 Å². The maximum atomic E-state index is 13.3. The van der Waals surface area contributed by atoms with E-state index in [0.717, 1.165) is 25.9 Å². The molecule has 1 aromatic carbocycles. The van der Waals surface area contributed by atoms with Crippen molar-refractivity contribution in [1.29, 1.82) is 0 Å². The Kier molecular flexibility index (Phi) is 5.42. The van der Waals surface area contributed by atoms with Crippen LogP contribution in [0.5, 0.6) is 5.75 Å². The lowest BCUT2D eigenvalue weighted by Crippen LogP contribution is -2.50. The average Bonchev–Trinajstić information content (AvgIpc) is 3.38. The molecule has 0 bridgehead atoms. The molecule has 1 saturated carbocycles. The predicted molar refractivity (Wildman–Crippen MR) is 104 cm³/mol. The summed E-state index contributed by atoms with van der Waals surface area (Å²) in [4.78, 5) is 0.101. The smallest absolute Gasteiger partial charge is 0.244 e. The van der Waals surface area contributed by atoms with E-state index in [1.54, 1.807) is 48.5 Å². The molecule has 2 fully saturated rings. The molecule has 1 aliphatic carbocycles. The Morgan fingerprint density at radius 1 is 1.21 bits per heavy atom. The van der Waals surface area contributed by atoms with Gasteiger partial charge in [-0.25, -0.2) is 17.8 Å². The summed E-state index contributed by atoms with van der Waals surface area (Å²) in [5.74, 6) is 1.31. The van der Waals surface area contributed by atoms with Crippen molar-refractivity contribution < 1.29 is 17.9 Å². The highest BCUT2D eigenvalue weighted by Gasteiger charge is 2.41. The lowest BCUT2D eigenvalue weighted by Gasteiger charge is -2.37. The molecule has 4 rings (SSSR count). The fourth-order valence-electron chi connectivity index (χ4n) is 4.37. The Morgan fingerprint density at radius 2 is 2.00 bits per heavy atom. The molecule has 1 saturated heterocycles. The van der Waals surface area contributed by atoms with Gasteiger partial charge in [-0.3, -0.25) is 0 Å². The molecule has 0 spiro atoms. The summed E-state index contributed by atoms with van der Waals surface area (Å²) in [6.45, 7) is 1.90. The molecular formula is C19H26N4O4S. The van der Waals surface area contributed by atoms with Gasteiger partial charge in [0.15, 0.2) is 0 Å². The first kappa shape index (κ1) is 19.4. The molecule has 2 heterocycles. The maximum Gasteiger partial charge on any atom is 0.244 e. The summed E-state index contributed by atoms with van der Waals surface area (Å²) in [6.07, 6.45) is 4.88. The van der Waals surface area contributed by atoms with E-state index < -0.39 is 10.0 Å². The van der Waals surface area contributed by atoms with Crippen molar-refractivity contribution in [2.45, 2.75) is 29.9 Å². The predicted octanol–water partition coefficient (Wildman–Crippen LogP) is 1.17. The molecule has 1 aromatic heterocycles. The maximum absolute atomic E-state index is 13.3. The number of fused-ring (bicyclic) bond motifs is 1. The van der Waals surface area contributed by atoms with Gasteiger partial charge in [-0.1, -0.05) is 0 Å². The number of hydrogen-bond acceptors (Lipinski definition) is 6. The molecule has 9 heteroatoms. The number of nitrogens with zero attached hydrogens (tertiary/aromatic N) is 2. The normalized spacial score (nSPS) is 27.5. The molecule has 0 amide bonds. The Bertz CT molecular complexity index is 916. The van der Waals surface area contributed by atoms with Crippen LogP contribution >= 0.6 is 0 Å². The standard InChI is InChI=1S/C19H26N4O4S/c1-26-17-5-4-15(23-7-3-6-21-23)10-19(17)28(24,25)22-16-8-13-11-20-12-14(13)9-18(16)27-2/h3-7,10,13-14,16,18,20,22H,8-9,11-12H2,1-2H3/t13-,14+,16-,18-/m0/s1. The lowest BCUT2D eigenvalue weighted by molar-refractivity contribution is 0.0194. The Hall–Kier alpha value is -1.94. The third-order valence-corrected chi connectivity index (χ3v) is 7.35. The number of aromatic nitrogens is 2.